The standard InChI is InChI=1S/C22H20ClF3N4O3S/c1-29-12-19(27-13-29)34(32,33)30-10-16(14-6-3-2-4-7-14)18(11-30)28-21(31)15-8-5-9-17(20(15)23)22(24,25)26/h2-9,12-13,16,18H,10-11H2,1H3,(H,28,31)/t16-,18-/m1/s1. The summed E-state index contributed by atoms with van der Waals surface area (Å²) in [6.07, 6.45) is -1.98. The minimum atomic E-state index is -4.72. The second-order valence-electron chi connectivity index (χ2n) is 7.96. The van der Waals surface area contributed by atoms with Gasteiger partial charge in [-0.2, -0.15) is 17.5 Å². The van der Waals surface area contributed by atoms with Crippen LogP contribution in [-0.4, -0.2) is 47.3 Å². The van der Waals surface area contributed by atoms with E-state index in [4.69, 9.17) is 11.6 Å². The molecule has 3 aromatic rings. The number of aryl methyl sites for hydroxylation is 1. The Bertz CT molecular complexity index is 1310. The number of alkyl halides is 3. The number of aromatic nitrogens is 2. The molecule has 2 atom stereocenters. The lowest BCUT2D eigenvalue weighted by Gasteiger charge is -2.21. The molecule has 34 heavy (non-hydrogen) atoms. The Hall–Kier alpha value is -2.89. The van der Waals surface area contributed by atoms with Gasteiger partial charge in [-0.05, 0) is 17.7 Å². The predicted octanol–water partition coefficient (Wildman–Crippen LogP) is 3.68. The van der Waals surface area contributed by atoms with E-state index in [1.807, 2.05) is 0 Å². The number of amides is 1. The van der Waals surface area contributed by atoms with Crippen molar-refractivity contribution in [2.24, 2.45) is 7.05 Å². The summed E-state index contributed by atoms with van der Waals surface area (Å²) in [5.74, 6) is -1.26. The highest BCUT2D eigenvalue weighted by Gasteiger charge is 2.42. The fourth-order valence-electron chi connectivity index (χ4n) is 3.97. The first kappa shape index (κ1) is 24.2. The normalized spacial score (nSPS) is 19.3. The second-order valence-corrected chi connectivity index (χ2v) is 10.2. The molecule has 4 rings (SSSR count). The van der Waals surface area contributed by atoms with Gasteiger partial charge in [-0.15, -0.1) is 0 Å². The SMILES string of the molecule is Cn1cnc(S(=O)(=O)N2C[C@H](c3ccccc3)[C@H](NC(=O)c3cccc(C(F)(F)F)c3Cl)C2)c1. The summed E-state index contributed by atoms with van der Waals surface area (Å²) in [7, 11) is -2.31. The zero-order valence-electron chi connectivity index (χ0n) is 17.8. The van der Waals surface area contributed by atoms with E-state index in [0.29, 0.717) is 0 Å². The fraction of sp³-hybridized carbons (Fsp3) is 0.273. The largest absolute Gasteiger partial charge is 0.417 e. The summed E-state index contributed by atoms with van der Waals surface area (Å²) in [4.78, 5) is 16.9. The highest BCUT2D eigenvalue weighted by molar-refractivity contribution is 7.89. The van der Waals surface area contributed by atoms with Gasteiger partial charge in [-0.3, -0.25) is 4.79 Å². The van der Waals surface area contributed by atoms with Crippen molar-refractivity contribution in [3.63, 3.8) is 0 Å². The van der Waals surface area contributed by atoms with Crippen molar-refractivity contribution in [1.82, 2.24) is 19.2 Å². The van der Waals surface area contributed by atoms with Crippen LogP contribution >= 0.6 is 11.6 Å². The van der Waals surface area contributed by atoms with E-state index in [1.165, 1.54) is 27.5 Å². The summed E-state index contributed by atoms with van der Waals surface area (Å²) in [5.41, 5.74) is -0.678. The van der Waals surface area contributed by atoms with Crippen LogP contribution in [0, 0.1) is 0 Å². The van der Waals surface area contributed by atoms with Gasteiger partial charge in [0.25, 0.3) is 15.9 Å². The van der Waals surface area contributed by atoms with E-state index in [1.54, 1.807) is 37.4 Å². The molecule has 1 aliphatic heterocycles. The number of nitrogens with one attached hydrogen (secondary N) is 1. The van der Waals surface area contributed by atoms with Crippen molar-refractivity contribution in [3.8, 4) is 0 Å². The maximum absolute atomic E-state index is 13.2. The molecule has 1 fully saturated rings. The average molecular weight is 513 g/mol. The highest BCUT2D eigenvalue weighted by Crippen LogP contribution is 2.37. The Balaban J connectivity index is 1.65. The van der Waals surface area contributed by atoms with E-state index >= 15 is 0 Å². The molecule has 0 aliphatic carbocycles. The molecule has 0 radical (unpaired) electrons. The summed E-state index contributed by atoms with van der Waals surface area (Å²) < 4.78 is 68.7. The zero-order chi connectivity index (χ0) is 24.7. The van der Waals surface area contributed by atoms with E-state index in [9.17, 15) is 26.4 Å². The topological polar surface area (TPSA) is 84.3 Å². The molecule has 12 heteroatoms. The first-order valence-corrected chi connectivity index (χ1v) is 12.0. The molecule has 2 heterocycles. The molecule has 0 bridgehead atoms. The molecule has 7 nitrogen and oxygen atoms in total. The molecule has 1 saturated heterocycles. The Morgan fingerprint density at radius 2 is 1.82 bits per heavy atom. The van der Waals surface area contributed by atoms with Crippen molar-refractivity contribution in [3.05, 3.63) is 82.8 Å². The Morgan fingerprint density at radius 1 is 1.12 bits per heavy atom. The molecular weight excluding hydrogens is 493 g/mol. The van der Waals surface area contributed by atoms with Gasteiger partial charge in [-0.25, -0.2) is 13.4 Å². The second kappa shape index (κ2) is 9.05. The van der Waals surface area contributed by atoms with Crippen molar-refractivity contribution < 1.29 is 26.4 Å². The van der Waals surface area contributed by atoms with Crippen LogP contribution in [0.15, 0.2) is 66.1 Å². The maximum atomic E-state index is 13.2. The molecule has 1 aromatic heterocycles. The summed E-state index contributed by atoms with van der Waals surface area (Å²) in [5, 5.41) is 1.86. The third-order valence-corrected chi connectivity index (χ3v) is 7.79. The van der Waals surface area contributed by atoms with Gasteiger partial charge in [0, 0.05) is 32.3 Å². The van der Waals surface area contributed by atoms with Gasteiger partial charge in [0.2, 0.25) is 0 Å². The number of sulfonamides is 1. The number of halogens is 4. The number of hydrogen-bond acceptors (Lipinski definition) is 4. The van der Waals surface area contributed by atoms with Crippen LogP contribution in [0.1, 0.15) is 27.4 Å². The molecule has 1 aliphatic rings. The molecule has 0 saturated carbocycles. The number of hydrogen-bond donors (Lipinski definition) is 1. The van der Waals surface area contributed by atoms with Gasteiger partial charge in [0.1, 0.15) is 0 Å². The van der Waals surface area contributed by atoms with E-state index < -0.39 is 44.7 Å². The van der Waals surface area contributed by atoms with Crippen molar-refractivity contribution in [2.75, 3.05) is 13.1 Å². The van der Waals surface area contributed by atoms with Crippen LogP contribution in [0.3, 0.4) is 0 Å². The summed E-state index contributed by atoms with van der Waals surface area (Å²) in [6, 6.07) is 11.4. The molecule has 180 valence electrons. The highest BCUT2D eigenvalue weighted by atomic mass is 35.5. The number of benzene rings is 2. The summed E-state index contributed by atoms with van der Waals surface area (Å²) >= 11 is 5.91. The number of rotatable bonds is 5. The summed E-state index contributed by atoms with van der Waals surface area (Å²) in [6.45, 7) is -0.0228. The van der Waals surface area contributed by atoms with Crippen LogP contribution in [0.4, 0.5) is 13.2 Å². The van der Waals surface area contributed by atoms with Crippen LogP contribution < -0.4 is 5.32 Å². The van der Waals surface area contributed by atoms with Crippen molar-refractivity contribution in [2.45, 2.75) is 23.2 Å². The monoisotopic (exact) mass is 512 g/mol. The molecular formula is C22H20ClF3N4O3S. The molecule has 2 aromatic carbocycles. The Morgan fingerprint density at radius 3 is 2.44 bits per heavy atom. The minimum absolute atomic E-state index is 0.0597. The van der Waals surface area contributed by atoms with Gasteiger partial charge >= 0.3 is 6.18 Å². The first-order chi connectivity index (χ1) is 16.0. The third-order valence-electron chi connectivity index (χ3n) is 5.66. The maximum Gasteiger partial charge on any atom is 0.417 e. The lowest BCUT2D eigenvalue weighted by atomic mass is 9.94. The number of nitrogens with zero attached hydrogens (tertiary/aromatic N) is 3. The van der Waals surface area contributed by atoms with Gasteiger partial charge in [0.15, 0.2) is 5.03 Å². The first-order valence-electron chi connectivity index (χ1n) is 10.2. The third kappa shape index (κ3) is 4.68. The van der Waals surface area contributed by atoms with Crippen LogP contribution in [-0.2, 0) is 23.2 Å². The molecule has 1 amide bonds. The fourth-order valence-corrected chi connectivity index (χ4v) is 5.75. The van der Waals surface area contributed by atoms with Crippen LogP contribution in [0.5, 0.6) is 0 Å². The Kier molecular flexibility index (Phi) is 6.45. The average Bonchev–Trinajstić information content (AvgIpc) is 3.41. The zero-order valence-corrected chi connectivity index (χ0v) is 19.4. The number of imidazole rings is 1. The lowest BCUT2D eigenvalue weighted by molar-refractivity contribution is -0.137. The predicted molar refractivity (Wildman–Crippen MR) is 119 cm³/mol. The number of carbonyl (C=O) groups is 1. The smallest absolute Gasteiger partial charge is 0.347 e. The van der Waals surface area contributed by atoms with Crippen LogP contribution in [0.2, 0.25) is 5.02 Å². The van der Waals surface area contributed by atoms with Gasteiger partial charge < -0.3 is 9.88 Å². The van der Waals surface area contributed by atoms with Crippen LogP contribution in [0.25, 0.3) is 0 Å². The van der Waals surface area contributed by atoms with E-state index in [-0.39, 0.29) is 23.7 Å². The van der Waals surface area contributed by atoms with E-state index in [2.05, 4.69) is 10.3 Å². The van der Waals surface area contributed by atoms with Gasteiger partial charge in [-0.1, -0.05) is 48.0 Å². The number of carbonyl (C=O) groups excluding carboxylic acids is 1. The minimum Gasteiger partial charge on any atom is -0.347 e. The van der Waals surface area contributed by atoms with E-state index in [0.717, 1.165) is 17.7 Å². The Labute approximate surface area is 199 Å². The van der Waals surface area contributed by atoms with Crippen molar-refractivity contribution in [1.29, 1.82) is 0 Å². The molecule has 1 N–H and O–H groups in total. The molecule has 0 spiro atoms. The quantitative estimate of drug-likeness (QED) is 0.565. The lowest BCUT2D eigenvalue weighted by Crippen LogP contribution is -2.40. The van der Waals surface area contributed by atoms with Gasteiger partial charge in [0.05, 0.1) is 28.5 Å². The van der Waals surface area contributed by atoms with Crippen molar-refractivity contribution >= 4 is 27.5 Å². The molecule has 0 unspecified atom stereocenters.